The highest BCUT2D eigenvalue weighted by atomic mass is 35.5. The average molecular weight is 405 g/mol. The van der Waals surface area contributed by atoms with Crippen LogP contribution in [0.2, 0.25) is 5.02 Å². The van der Waals surface area contributed by atoms with Crippen LogP contribution in [0.5, 0.6) is 0 Å². The summed E-state index contributed by atoms with van der Waals surface area (Å²) in [5, 5.41) is 18.4. The van der Waals surface area contributed by atoms with Gasteiger partial charge in [0, 0.05) is 31.2 Å². The number of piperidine rings is 1. The van der Waals surface area contributed by atoms with E-state index in [4.69, 9.17) is 11.6 Å². The van der Waals surface area contributed by atoms with E-state index < -0.39 is 11.5 Å². The molecule has 0 saturated carbocycles. The van der Waals surface area contributed by atoms with Gasteiger partial charge in [0.25, 0.3) is 0 Å². The monoisotopic (exact) mass is 404 g/mol. The Morgan fingerprint density at radius 1 is 1.29 bits per heavy atom. The molecule has 1 aliphatic rings. The first-order chi connectivity index (χ1) is 13.4. The number of aryl methyl sites for hydroxylation is 1. The Balaban J connectivity index is 1.63. The Morgan fingerprint density at radius 2 is 2.04 bits per heavy atom. The molecule has 28 heavy (non-hydrogen) atoms. The lowest BCUT2D eigenvalue weighted by molar-refractivity contribution is 0.0351. The molecule has 0 atom stereocenters. The number of halogens is 2. The molecule has 2 N–H and O–H groups in total. The van der Waals surface area contributed by atoms with E-state index in [0.717, 1.165) is 24.2 Å². The third-order valence-electron chi connectivity index (χ3n) is 5.15. The zero-order chi connectivity index (χ0) is 19.9. The summed E-state index contributed by atoms with van der Waals surface area (Å²) in [6.07, 6.45) is 4.43. The van der Waals surface area contributed by atoms with Crippen molar-refractivity contribution in [2.75, 3.05) is 23.3 Å². The zero-order valence-corrected chi connectivity index (χ0v) is 16.5. The van der Waals surface area contributed by atoms with Crippen molar-refractivity contribution < 1.29 is 9.50 Å². The normalized spacial score (nSPS) is 16.5. The van der Waals surface area contributed by atoms with Crippen LogP contribution in [0.25, 0.3) is 10.9 Å². The van der Waals surface area contributed by atoms with Gasteiger partial charge in [-0.25, -0.2) is 14.6 Å². The molecule has 0 aliphatic carbocycles. The molecule has 3 aromatic rings. The predicted octanol–water partition coefficient (Wildman–Crippen LogP) is 3.73. The minimum absolute atomic E-state index is 0.230. The summed E-state index contributed by atoms with van der Waals surface area (Å²) in [6.45, 7) is 5.55. The third kappa shape index (κ3) is 3.62. The van der Waals surface area contributed by atoms with Crippen LogP contribution in [-0.4, -0.2) is 43.5 Å². The smallest absolute Gasteiger partial charge is 0.235 e. The van der Waals surface area contributed by atoms with Crippen molar-refractivity contribution in [3.63, 3.8) is 0 Å². The lowest BCUT2D eigenvalue weighted by Crippen LogP contribution is -2.42. The van der Waals surface area contributed by atoms with Crippen molar-refractivity contribution in [1.29, 1.82) is 0 Å². The molecule has 1 aliphatic heterocycles. The highest BCUT2D eigenvalue weighted by molar-refractivity contribution is 6.34. The van der Waals surface area contributed by atoms with Gasteiger partial charge in [-0.15, -0.1) is 0 Å². The maximum Gasteiger partial charge on any atom is 0.235 e. The van der Waals surface area contributed by atoms with E-state index in [9.17, 15) is 9.50 Å². The molecule has 0 radical (unpaired) electrons. The van der Waals surface area contributed by atoms with Gasteiger partial charge in [0.2, 0.25) is 11.9 Å². The number of aliphatic hydroxyl groups is 1. The molecule has 3 heterocycles. The molecule has 4 rings (SSSR count). The summed E-state index contributed by atoms with van der Waals surface area (Å²) in [6, 6.07) is 3.74. The zero-order valence-electron chi connectivity index (χ0n) is 15.8. The molecule has 9 heteroatoms. The van der Waals surface area contributed by atoms with Crippen molar-refractivity contribution in [3.05, 3.63) is 35.5 Å². The first-order valence-electron chi connectivity index (χ1n) is 9.28. The number of hydrogen-bond donors (Lipinski definition) is 2. The van der Waals surface area contributed by atoms with Crippen LogP contribution in [-0.2, 0) is 6.54 Å². The molecule has 2 aromatic heterocycles. The van der Waals surface area contributed by atoms with E-state index in [0.29, 0.717) is 29.9 Å². The van der Waals surface area contributed by atoms with Gasteiger partial charge in [0.15, 0.2) is 0 Å². The first-order valence-corrected chi connectivity index (χ1v) is 9.66. The molecule has 7 nitrogen and oxygen atoms in total. The molecule has 1 saturated heterocycles. The minimum Gasteiger partial charge on any atom is -0.390 e. The number of nitrogens with one attached hydrogen (secondary N) is 1. The fraction of sp³-hybridized carbons (Fsp3) is 0.421. The van der Waals surface area contributed by atoms with Crippen LogP contribution in [0.3, 0.4) is 0 Å². The lowest BCUT2D eigenvalue weighted by atomic mass is 9.93. The fourth-order valence-electron chi connectivity index (χ4n) is 3.37. The van der Waals surface area contributed by atoms with Crippen LogP contribution in [0.4, 0.5) is 21.7 Å². The summed E-state index contributed by atoms with van der Waals surface area (Å²) < 4.78 is 15.4. The van der Waals surface area contributed by atoms with Crippen molar-refractivity contribution in [1.82, 2.24) is 19.7 Å². The number of benzene rings is 1. The number of rotatable bonds is 4. The average Bonchev–Trinajstić information content (AvgIpc) is 3.01. The van der Waals surface area contributed by atoms with Gasteiger partial charge in [-0.05, 0) is 38.8 Å². The maximum absolute atomic E-state index is 14.2. The first kappa shape index (κ1) is 18.9. The predicted molar refractivity (Wildman–Crippen MR) is 108 cm³/mol. The SMILES string of the molecule is CCn1ncc(Nc2ncc3cc(Cl)c(N4CCC(C)(O)CC4)cc3n2)c1F. The second kappa shape index (κ2) is 7.18. The Labute approximate surface area is 167 Å². The van der Waals surface area contributed by atoms with Gasteiger partial charge < -0.3 is 15.3 Å². The van der Waals surface area contributed by atoms with Gasteiger partial charge in [-0.2, -0.15) is 9.49 Å². The standard InChI is InChI=1S/C19H22ClFN6O/c1-3-27-17(21)15(11-23-27)25-18-22-10-12-8-13(20)16(9-14(12)24-18)26-6-4-19(2,28)5-7-26/h8-11,28H,3-7H2,1-2H3,(H,22,24,25). The van der Waals surface area contributed by atoms with Gasteiger partial charge in [-0.1, -0.05) is 11.6 Å². The minimum atomic E-state index is -0.633. The number of fused-ring (bicyclic) bond motifs is 1. The van der Waals surface area contributed by atoms with Gasteiger partial charge in [0.05, 0.1) is 28.0 Å². The summed E-state index contributed by atoms with van der Waals surface area (Å²) in [4.78, 5) is 10.9. The molecule has 0 bridgehead atoms. The van der Waals surface area contributed by atoms with E-state index in [2.05, 4.69) is 25.3 Å². The fourth-order valence-corrected chi connectivity index (χ4v) is 3.66. The van der Waals surface area contributed by atoms with Crippen LogP contribution in [0, 0.1) is 5.95 Å². The Morgan fingerprint density at radius 3 is 2.71 bits per heavy atom. The quantitative estimate of drug-likeness (QED) is 0.689. The second-order valence-electron chi connectivity index (χ2n) is 7.33. The van der Waals surface area contributed by atoms with Crippen LogP contribution in [0.15, 0.2) is 24.5 Å². The topological polar surface area (TPSA) is 79.1 Å². The van der Waals surface area contributed by atoms with Crippen LogP contribution in [0.1, 0.15) is 26.7 Å². The van der Waals surface area contributed by atoms with Gasteiger partial charge in [-0.3, -0.25) is 0 Å². The molecule has 148 valence electrons. The summed E-state index contributed by atoms with van der Waals surface area (Å²) in [7, 11) is 0. The van der Waals surface area contributed by atoms with Gasteiger partial charge in [0.1, 0.15) is 5.69 Å². The molecule has 0 unspecified atom stereocenters. The summed E-state index contributed by atoms with van der Waals surface area (Å²) in [5.74, 6) is -0.166. The molecule has 0 spiro atoms. The number of hydrogen-bond acceptors (Lipinski definition) is 6. The Hall–Kier alpha value is -2.45. The molecule has 1 aromatic carbocycles. The number of anilines is 3. The van der Waals surface area contributed by atoms with E-state index >= 15 is 0 Å². The highest BCUT2D eigenvalue weighted by Crippen LogP contribution is 2.34. The van der Waals surface area contributed by atoms with Crippen molar-refractivity contribution in [2.45, 2.75) is 38.8 Å². The van der Waals surface area contributed by atoms with E-state index in [1.165, 1.54) is 10.9 Å². The molecule has 1 fully saturated rings. The number of nitrogens with zero attached hydrogens (tertiary/aromatic N) is 5. The van der Waals surface area contributed by atoms with Crippen molar-refractivity contribution in [3.8, 4) is 0 Å². The molecular weight excluding hydrogens is 383 g/mol. The highest BCUT2D eigenvalue weighted by Gasteiger charge is 2.28. The number of aromatic nitrogens is 4. The largest absolute Gasteiger partial charge is 0.390 e. The third-order valence-corrected chi connectivity index (χ3v) is 5.45. The van der Waals surface area contributed by atoms with Crippen molar-refractivity contribution >= 4 is 39.8 Å². The van der Waals surface area contributed by atoms with Gasteiger partial charge >= 0.3 is 0 Å². The second-order valence-corrected chi connectivity index (χ2v) is 7.74. The van der Waals surface area contributed by atoms with E-state index in [1.807, 2.05) is 26.0 Å². The Kier molecular flexibility index (Phi) is 4.84. The van der Waals surface area contributed by atoms with E-state index in [1.54, 1.807) is 6.20 Å². The van der Waals surface area contributed by atoms with Crippen LogP contribution < -0.4 is 10.2 Å². The maximum atomic E-state index is 14.2. The lowest BCUT2D eigenvalue weighted by Gasteiger charge is -2.37. The van der Waals surface area contributed by atoms with E-state index in [-0.39, 0.29) is 11.6 Å². The molecule has 0 amide bonds. The summed E-state index contributed by atoms with van der Waals surface area (Å²) >= 11 is 6.48. The van der Waals surface area contributed by atoms with Crippen LogP contribution >= 0.6 is 11.6 Å². The molecular formula is C19H22ClFN6O. The Bertz CT molecular complexity index is 1010. The summed E-state index contributed by atoms with van der Waals surface area (Å²) in [5.41, 5.74) is 1.18. The van der Waals surface area contributed by atoms with Crippen molar-refractivity contribution in [2.24, 2.45) is 0 Å².